The van der Waals surface area contributed by atoms with Crippen LogP contribution in [0.5, 0.6) is 0 Å². The molecule has 21 heavy (non-hydrogen) atoms. The predicted molar refractivity (Wildman–Crippen MR) is 79.7 cm³/mol. The molecule has 1 saturated carbocycles. The lowest BCUT2D eigenvalue weighted by Gasteiger charge is -2.41. The van der Waals surface area contributed by atoms with E-state index in [4.69, 9.17) is 0 Å². The van der Waals surface area contributed by atoms with Crippen LogP contribution in [0.3, 0.4) is 0 Å². The molecule has 0 aliphatic heterocycles. The fourth-order valence-corrected chi connectivity index (χ4v) is 3.80. The van der Waals surface area contributed by atoms with Crippen LogP contribution < -0.4 is 0 Å². The molecule has 5 atom stereocenters. The zero-order valence-corrected chi connectivity index (χ0v) is 13.6. The van der Waals surface area contributed by atoms with Gasteiger partial charge in [0.25, 0.3) is 0 Å². The molecular weight excluding hydrogens is 268 g/mol. The lowest BCUT2D eigenvalue weighted by Crippen LogP contribution is -2.42. The van der Waals surface area contributed by atoms with Crippen molar-refractivity contribution in [2.75, 3.05) is 0 Å². The first-order valence-corrected chi connectivity index (χ1v) is 7.65. The van der Waals surface area contributed by atoms with Crippen molar-refractivity contribution in [3.63, 3.8) is 0 Å². The number of Topliss-reactive ketones (excluding diaryl/α,β-unsaturated/α-hetero) is 4. The Morgan fingerprint density at radius 1 is 0.905 bits per heavy atom. The second-order valence-corrected chi connectivity index (χ2v) is 6.67. The minimum absolute atomic E-state index is 0.00420. The summed E-state index contributed by atoms with van der Waals surface area (Å²) in [6.45, 7) is 8.07. The van der Waals surface area contributed by atoms with E-state index in [1.807, 2.05) is 6.92 Å². The predicted octanol–water partition coefficient (Wildman–Crippen LogP) is 2.63. The lowest BCUT2D eigenvalue weighted by molar-refractivity contribution is -0.137. The van der Waals surface area contributed by atoms with Gasteiger partial charge in [-0.1, -0.05) is 6.92 Å². The number of carbonyl (C=O) groups is 4. The van der Waals surface area contributed by atoms with E-state index in [0.717, 1.165) is 0 Å². The Hall–Kier alpha value is -1.32. The Bertz CT molecular complexity index is 452. The molecule has 5 unspecified atom stereocenters. The Balaban J connectivity index is 3.02. The quantitative estimate of drug-likeness (QED) is 0.755. The molecule has 118 valence electrons. The number of hydrogen-bond donors (Lipinski definition) is 0. The molecule has 1 fully saturated rings. The van der Waals surface area contributed by atoms with E-state index in [2.05, 4.69) is 0 Å². The fraction of sp³-hybridized carbons (Fsp3) is 0.765. The Labute approximate surface area is 126 Å². The fourth-order valence-electron chi connectivity index (χ4n) is 3.80. The Kier molecular flexibility index (Phi) is 5.99. The zero-order valence-electron chi connectivity index (χ0n) is 13.6. The van der Waals surface area contributed by atoms with Gasteiger partial charge >= 0.3 is 0 Å². The molecule has 0 saturated heterocycles. The van der Waals surface area contributed by atoms with E-state index in [0.29, 0.717) is 12.8 Å². The van der Waals surface area contributed by atoms with Crippen LogP contribution in [0, 0.1) is 29.6 Å². The van der Waals surface area contributed by atoms with E-state index in [1.165, 1.54) is 27.7 Å². The van der Waals surface area contributed by atoms with Crippen LogP contribution in [0.2, 0.25) is 0 Å². The molecule has 4 heteroatoms. The molecule has 0 aromatic rings. The SMILES string of the molecule is CC(=O)CC(C(C)=O)C1CC(C(C)=O)C(C(C)=O)CC1C. The van der Waals surface area contributed by atoms with E-state index >= 15 is 0 Å². The molecule has 0 heterocycles. The van der Waals surface area contributed by atoms with Gasteiger partial charge in [0.05, 0.1) is 0 Å². The normalized spacial score (nSPS) is 30.5. The van der Waals surface area contributed by atoms with Crippen LogP contribution in [0.4, 0.5) is 0 Å². The molecule has 0 aromatic carbocycles. The first-order chi connectivity index (χ1) is 9.65. The third-order valence-electron chi connectivity index (χ3n) is 4.96. The molecular formula is C17H26O4. The molecule has 4 nitrogen and oxygen atoms in total. The largest absolute Gasteiger partial charge is 0.300 e. The summed E-state index contributed by atoms with van der Waals surface area (Å²) in [6.07, 6.45) is 1.41. The Morgan fingerprint density at radius 3 is 1.76 bits per heavy atom. The van der Waals surface area contributed by atoms with Crippen molar-refractivity contribution >= 4 is 23.1 Å². The molecule has 1 aliphatic rings. The van der Waals surface area contributed by atoms with Gasteiger partial charge in [-0.05, 0) is 52.4 Å². The topological polar surface area (TPSA) is 68.3 Å². The molecule has 0 bridgehead atoms. The van der Waals surface area contributed by atoms with Crippen molar-refractivity contribution in [2.45, 2.75) is 53.9 Å². The average molecular weight is 294 g/mol. The molecule has 0 N–H and O–H groups in total. The third-order valence-corrected chi connectivity index (χ3v) is 4.96. The minimum Gasteiger partial charge on any atom is -0.300 e. The van der Waals surface area contributed by atoms with Crippen LogP contribution >= 0.6 is 0 Å². The van der Waals surface area contributed by atoms with Crippen LogP contribution in [-0.2, 0) is 19.2 Å². The van der Waals surface area contributed by atoms with Gasteiger partial charge in [-0.15, -0.1) is 0 Å². The summed E-state index contributed by atoms with van der Waals surface area (Å²) in [7, 11) is 0. The minimum atomic E-state index is -0.327. The second kappa shape index (κ2) is 7.10. The summed E-state index contributed by atoms with van der Waals surface area (Å²) >= 11 is 0. The van der Waals surface area contributed by atoms with Gasteiger partial charge in [-0.2, -0.15) is 0 Å². The van der Waals surface area contributed by atoms with Crippen molar-refractivity contribution in [1.29, 1.82) is 0 Å². The highest BCUT2D eigenvalue weighted by atomic mass is 16.1. The van der Waals surface area contributed by atoms with Crippen LogP contribution in [-0.4, -0.2) is 23.1 Å². The standard InChI is InChI=1S/C17H26O4/c1-9-6-15(11(3)19)17(13(5)21)8-14(9)16(12(4)20)7-10(2)18/h9,14-17H,6-8H2,1-5H3. The smallest absolute Gasteiger partial charge is 0.133 e. The van der Waals surface area contributed by atoms with Crippen molar-refractivity contribution in [3.05, 3.63) is 0 Å². The van der Waals surface area contributed by atoms with Gasteiger partial charge in [0, 0.05) is 24.2 Å². The van der Waals surface area contributed by atoms with Crippen molar-refractivity contribution < 1.29 is 19.2 Å². The molecule has 0 aromatic heterocycles. The van der Waals surface area contributed by atoms with Gasteiger partial charge in [0.2, 0.25) is 0 Å². The maximum absolute atomic E-state index is 11.9. The molecule has 0 radical (unpaired) electrons. The summed E-state index contributed by atoms with van der Waals surface area (Å²) < 4.78 is 0. The number of hydrogen-bond acceptors (Lipinski definition) is 4. The Morgan fingerprint density at radius 2 is 1.38 bits per heavy atom. The lowest BCUT2D eigenvalue weighted by atomic mass is 9.62. The van der Waals surface area contributed by atoms with Gasteiger partial charge in [0.1, 0.15) is 23.1 Å². The molecule has 1 rings (SSSR count). The number of rotatable bonds is 6. The summed E-state index contributed by atoms with van der Waals surface area (Å²) in [5.74, 6) is -0.633. The van der Waals surface area contributed by atoms with Crippen LogP contribution in [0.15, 0.2) is 0 Å². The van der Waals surface area contributed by atoms with E-state index in [1.54, 1.807) is 0 Å². The highest BCUT2D eigenvalue weighted by molar-refractivity contribution is 5.88. The number of ketones is 4. The van der Waals surface area contributed by atoms with Crippen molar-refractivity contribution in [2.24, 2.45) is 29.6 Å². The van der Waals surface area contributed by atoms with Crippen molar-refractivity contribution in [3.8, 4) is 0 Å². The van der Waals surface area contributed by atoms with Gasteiger partial charge in [-0.25, -0.2) is 0 Å². The van der Waals surface area contributed by atoms with E-state index in [9.17, 15) is 19.2 Å². The highest BCUT2D eigenvalue weighted by Gasteiger charge is 2.43. The van der Waals surface area contributed by atoms with Crippen molar-refractivity contribution in [1.82, 2.24) is 0 Å². The maximum atomic E-state index is 11.9. The monoisotopic (exact) mass is 294 g/mol. The molecule has 1 aliphatic carbocycles. The van der Waals surface area contributed by atoms with E-state index in [-0.39, 0.29) is 59.1 Å². The summed E-state index contributed by atoms with van der Waals surface area (Å²) in [6, 6.07) is 0. The molecule has 0 spiro atoms. The first kappa shape index (κ1) is 17.7. The molecule has 0 amide bonds. The highest BCUT2D eigenvalue weighted by Crippen LogP contribution is 2.43. The van der Waals surface area contributed by atoms with Gasteiger partial charge in [-0.3, -0.25) is 14.4 Å². The zero-order chi connectivity index (χ0) is 16.3. The summed E-state index contributed by atoms with van der Waals surface area (Å²) in [5, 5.41) is 0. The van der Waals surface area contributed by atoms with Gasteiger partial charge in [0.15, 0.2) is 0 Å². The van der Waals surface area contributed by atoms with Gasteiger partial charge < -0.3 is 4.79 Å². The van der Waals surface area contributed by atoms with Crippen LogP contribution in [0.25, 0.3) is 0 Å². The van der Waals surface area contributed by atoms with Crippen LogP contribution in [0.1, 0.15) is 53.9 Å². The first-order valence-electron chi connectivity index (χ1n) is 7.65. The number of carbonyl (C=O) groups excluding carboxylic acids is 4. The van der Waals surface area contributed by atoms with E-state index < -0.39 is 0 Å². The average Bonchev–Trinajstić information content (AvgIpc) is 2.34. The third kappa shape index (κ3) is 4.32. The summed E-state index contributed by atoms with van der Waals surface area (Å²) in [4.78, 5) is 47.0. The second-order valence-electron chi connectivity index (χ2n) is 6.67. The summed E-state index contributed by atoms with van der Waals surface area (Å²) in [5.41, 5.74) is 0. The maximum Gasteiger partial charge on any atom is 0.133 e.